The molecule has 1 amide bonds. The fourth-order valence-electron chi connectivity index (χ4n) is 2.90. The van der Waals surface area contributed by atoms with Crippen LogP contribution < -0.4 is 20.1 Å². The van der Waals surface area contributed by atoms with Gasteiger partial charge in [0.2, 0.25) is 5.91 Å². The topological polar surface area (TPSA) is 59.6 Å². The highest BCUT2D eigenvalue weighted by molar-refractivity contribution is 5.81. The smallest absolute Gasteiger partial charge is 0.240 e. The molecule has 0 aliphatic heterocycles. The summed E-state index contributed by atoms with van der Waals surface area (Å²) in [6.45, 7) is 0.187. The van der Waals surface area contributed by atoms with Crippen LogP contribution in [0.3, 0.4) is 0 Å². The summed E-state index contributed by atoms with van der Waals surface area (Å²) in [4.78, 5) is 12.6. The Morgan fingerprint density at radius 1 is 0.786 bits per heavy atom. The van der Waals surface area contributed by atoms with Crippen LogP contribution in [0.5, 0.6) is 11.5 Å². The van der Waals surface area contributed by atoms with Crippen LogP contribution in [0.2, 0.25) is 0 Å². The number of methoxy groups -OCH3 is 2. The number of ether oxygens (including phenoxy) is 2. The second-order valence-electron chi connectivity index (χ2n) is 6.27. The molecule has 0 aliphatic carbocycles. The maximum absolute atomic E-state index is 12.6. The molecule has 0 unspecified atom stereocenters. The number of rotatable bonds is 8. The van der Waals surface area contributed by atoms with E-state index in [0.717, 1.165) is 28.3 Å². The van der Waals surface area contributed by atoms with Crippen LogP contribution in [0.4, 0.5) is 5.69 Å². The average molecular weight is 376 g/mol. The van der Waals surface area contributed by atoms with E-state index in [1.165, 1.54) is 0 Å². The lowest BCUT2D eigenvalue weighted by atomic mass is 9.98. The molecule has 0 radical (unpaired) electrons. The predicted molar refractivity (Wildman–Crippen MR) is 111 cm³/mol. The first-order valence-corrected chi connectivity index (χ1v) is 9.06. The van der Waals surface area contributed by atoms with Crippen molar-refractivity contribution >= 4 is 11.6 Å². The standard InChI is InChI=1S/C23H24N2O3/c1-27-20-12-8-17(9-13-20)23(18-10-14-21(28-2)15-11-18)25-22(26)16-24-19-6-4-3-5-7-19/h3-15,23-24H,16H2,1-2H3,(H,25,26). The molecule has 5 heteroatoms. The largest absolute Gasteiger partial charge is 0.497 e. The monoisotopic (exact) mass is 376 g/mol. The van der Waals surface area contributed by atoms with Crippen molar-refractivity contribution < 1.29 is 14.3 Å². The highest BCUT2D eigenvalue weighted by atomic mass is 16.5. The molecular weight excluding hydrogens is 352 g/mol. The van der Waals surface area contributed by atoms with Crippen molar-refractivity contribution in [2.75, 3.05) is 26.1 Å². The van der Waals surface area contributed by atoms with Crippen LogP contribution >= 0.6 is 0 Å². The van der Waals surface area contributed by atoms with Gasteiger partial charge in [-0.25, -0.2) is 0 Å². The van der Waals surface area contributed by atoms with Crippen LogP contribution in [0.25, 0.3) is 0 Å². The number of anilines is 1. The van der Waals surface area contributed by atoms with E-state index in [0.29, 0.717) is 0 Å². The van der Waals surface area contributed by atoms with E-state index in [-0.39, 0.29) is 18.5 Å². The summed E-state index contributed by atoms with van der Waals surface area (Å²) in [5, 5.41) is 6.25. The van der Waals surface area contributed by atoms with E-state index in [2.05, 4.69) is 10.6 Å². The van der Waals surface area contributed by atoms with Gasteiger partial charge in [-0.2, -0.15) is 0 Å². The van der Waals surface area contributed by atoms with E-state index < -0.39 is 0 Å². The molecular formula is C23H24N2O3. The number of hydrogen-bond acceptors (Lipinski definition) is 4. The molecule has 2 N–H and O–H groups in total. The maximum atomic E-state index is 12.6. The Bertz CT molecular complexity index is 830. The molecule has 0 atom stereocenters. The van der Waals surface area contributed by atoms with E-state index in [4.69, 9.17) is 9.47 Å². The van der Waals surface area contributed by atoms with Crippen molar-refractivity contribution in [2.24, 2.45) is 0 Å². The van der Waals surface area contributed by atoms with E-state index in [9.17, 15) is 4.79 Å². The van der Waals surface area contributed by atoms with Gasteiger partial charge in [0.25, 0.3) is 0 Å². The summed E-state index contributed by atoms with van der Waals surface area (Å²) in [6.07, 6.45) is 0. The highest BCUT2D eigenvalue weighted by Gasteiger charge is 2.17. The third kappa shape index (κ3) is 5.04. The molecule has 0 aliphatic rings. The lowest BCUT2D eigenvalue weighted by Gasteiger charge is -2.21. The first-order valence-electron chi connectivity index (χ1n) is 9.06. The number of carbonyl (C=O) groups is 1. The number of amides is 1. The molecule has 3 aromatic carbocycles. The van der Waals surface area contributed by atoms with E-state index in [1.54, 1.807) is 14.2 Å². The van der Waals surface area contributed by atoms with Crippen LogP contribution in [-0.4, -0.2) is 26.7 Å². The fraction of sp³-hybridized carbons (Fsp3) is 0.174. The summed E-state index contributed by atoms with van der Waals surface area (Å²) >= 11 is 0. The molecule has 0 bridgehead atoms. The lowest BCUT2D eigenvalue weighted by Crippen LogP contribution is -2.33. The van der Waals surface area contributed by atoms with Crippen LogP contribution in [0.1, 0.15) is 17.2 Å². The number of nitrogens with one attached hydrogen (secondary N) is 2. The van der Waals surface area contributed by atoms with Crippen LogP contribution in [-0.2, 0) is 4.79 Å². The fourth-order valence-corrected chi connectivity index (χ4v) is 2.90. The maximum Gasteiger partial charge on any atom is 0.240 e. The van der Waals surface area contributed by atoms with Crippen molar-refractivity contribution in [1.29, 1.82) is 0 Å². The molecule has 0 heterocycles. The zero-order chi connectivity index (χ0) is 19.8. The zero-order valence-corrected chi connectivity index (χ0v) is 16.0. The Hall–Kier alpha value is -3.47. The van der Waals surface area contributed by atoms with Crippen molar-refractivity contribution in [2.45, 2.75) is 6.04 Å². The van der Waals surface area contributed by atoms with Gasteiger partial charge < -0.3 is 20.1 Å². The first kappa shape index (κ1) is 19.3. The minimum Gasteiger partial charge on any atom is -0.497 e. The van der Waals surface area contributed by atoms with Gasteiger partial charge >= 0.3 is 0 Å². The first-order chi connectivity index (χ1) is 13.7. The molecule has 0 aromatic heterocycles. The van der Waals surface area contributed by atoms with Crippen molar-refractivity contribution in [3.8, 4) is 11.5 Å². The molecule has 5 nitrogen and oxygen atoms in total. The second kappa shape index (κ2) is 9.46. The third-order valence-corrected chi connectivity index (χ3v) is 4.43. The van der Waals surface area contributed by atoms with Gasteiger partial charge in [-0.15, -0.1) is 0 Å². The van der Waals surface area contributed by atoms with Gasteiger partial charge in [0.15, 0.2) is 0 Å². The van der Waals surface area contributed by atoms with E-state index in [1.807, 2.05) is 78.9 Å². The molecule has 0 saturated carbocycles. The van der Waals surface area contributed by atoms with Gasteiger partial charge in [0, 0.05) is 5.69 Å². The molecule has 0 spiro atoms. The molecule has 0 fully saturated rings. The van der Waals surface area contributed by atoms with Crippen molar-refractivity contribution in [3.05, 3.63) is 90.0 Å². The van der Waals surface area contributed by atoms with Gasteiger partial charge in [0.05, 0.1) is 26.8 Å². The summed E-state index contributed by atoms with van der Waals surface area (Å²) in [5.74, 6) is 1.45. The normalized spacial score (nSPS) is 10.4. The third-order valence-electron chi connectivity index (χ3n) is 4.43. The zero-order valence-electron chi connectivity index (χ0n) is 16.0. The Morgan fingerprint density at radius 2 is 1.29 bits per heavy atom. The molecule has 28 heavy (non-hydrogen) atoms. The summed E-state index contributed by atoms with van der Waals surface area (Å²) in [6, 6.07) is 24.8. The Kier molecular flexibility index (Phi) is 6.52. The van der Waals surface area contributed by atoms with Gasteiger partial charge in [-0.05, 0) is 47.5 Å². The van der Waals surface area contributed by atoms with Crippen LogP contribution in [0.15, 0.2) is 78.9 Å². The van der Waals surface area contributed by atoms with Crippen molar-refractivity contribution in [1.82, 2.24) is 5.32 Å². The predicted octanol–water partition coefficient (Wildman–Crippen LogP) is 4.02. The van der Waals surface area contributed by atoms with Gasteiger partial charge in [0.1, 0.15) is 11.5 Å². The Morgan fingerprint density at radius 3 is 1.75 bits per heavy atom. The number of para-hydroxylation sites is 1. The van der Waals surface area contributed by atoms with Crippen molar-refractivity contribution in [3.63, 3.8) is 0 Å². The summed E-state index contributed by atoms with van der Waals surface area (Å²) in [7, 11) is 3.26. The Labute approximate surface area is 165 Å². The van der Waals surface area contributed by atoms with Gasteiger partial charge in [-0.3, -0.25) is 4.79 Å². The summed E-state index contributed by atoms with van der Waals surface area (Å²) in [5.41, 5.74) is 2.85. The number of carbonyl (C=O) groups excluding carboxylic acids is 1. The molecule has 144 valence electrons. The molecule has 0 saturated heterocycles. The molecule has 3 aromatic rings. The number of benzene rings is 3. The highest BCUT2D eigenvalue weighted by Crippen LogP contribution is 2.26. The van der Waals surface area contributed by atoms with E-state index >= 15 is 0 Å². The molecule has 3 rings (SSSR count). The quantitative estimate of drug-likeness (QED) is 0.623. The minimum absolute atomic E-state index is 0.0968. The van der Waals surface area contributed by atoms with Crippen LogP contribution in [0, 0.1) is 0 Å². The summed E-state index contributed by atoms with van der Waals surface area (Å²) < 4.78 is 10.5. The Balaban J connectivity index is 1.77. The lowest BCUT2D eigenvalue weighted by molar-refractivity contribution is -0.119. The SMILES string of the molecule is COc1ccc(C(NC(=O)CNc2ccccc2)c2ccc(OC)cc2)cc1. The minimum atomic E-state index is -0.276. The number of hydrogen-bond donors (Lipinski definition) is 2. The van der Waals surface area contributed by atoms with Gasteiger partial charge in [-0.1, -0.05) is 42.5 Å². The average Bonchev–Trinajstić information content (AvgIpc) is 2.77. The second-order valence-corrected chi connectivity index (χ2v) is 6.27.